The van der Waals surface area contributed by atoms with Gasteiger partial charge in [0.1, 0.15) is 0 Å². The van der Waals surface area contributed by atoms with Gasteiger partial charge < -0.3 is 9.80 Å². The zero-order valence-electron chi connectivity index (χ0n) is 39.3. The lowest BCUT2D eigenvalue weighted by Gasteiger charge is -2.45. The fourth-order valence-electron chi connectivity index (χ4n) is 10.6. The van der Waals surface area contributed by atoms with Crippen LogP contribution in [0.5, 0.6) is 0 Å². The highest BCUT2D eigenvalue weighted by atomic mass is 32.1. The lowest BCUT2D eigenvalue weighted by molar-refractivity contribution is 0.332. The topological polar surface area (TPSA) is 6.48 Å². The van der Waals surface area contributed by atoms with E-state index >= 15 is 0 Å². The van der Waals surface area contributed by atoms with Gasteiger partial charge in [-0.25, -0.2) is 0 Å². The molecule has 7 aromatic rings. The van der Waals surface area contributed by atoms with Crippen molar-refractivity contribution in [2.45, 2.75) is 130 Å². The van der Waals surface area contributed by atoms with E-state index in [-0.39, 0.29) is 33.8 Å². The Morgan fingerprint density at radius 2 is 1.11 bits per heavy atom. The molecule has 0 saturated carbocycles. The molecule has 1 aliphatic carbocycles. The number of hydrogen-bond donors (Lipinski definition) is 0. The van der Waals surface area contributed by atoms with Gasteiger partial charge in [-0.3, -0.25) is 0 Å². The van der Waals surface area contributed by atoms with Crippen molar-refractivity contribution >= 4 is 78.0 Å². The van der Waals surface area contributed by atoms with Crippen LogP contribution in [0.3, 0.4) is 0 Å². The Bertz CT molecular complexity index is 2930. The van der Waals surface area contributed by atoms with Crippen LogP contribution in [0.25, 0.3) is 21.2 Å². The second-order valence-corrected chi connectivity index (χ2v) is 24.0. The Morgan fingerprint density at radius 1 is 0.516 bits per heavy atom. The number of rotatable bonds is 3. The molecule has 62 heavy (non-hydrogen) atoms. The summed E-state index contributed by atoms with van der Waals surface area (Å²) in [6.07, 6.45) is 2.38. The van der Waals surface area contributed by atoms with Gasteiger partial charge in [-0.1, -0.05) is 157 Å². The van der Waals surface area contributed by atoms with E-state index in [1.54, 1.807) is 0 Å². The molecule has 1 aromatic heterocycles. The Balaban J connectivity index is 1.31. The number of anilines is 6. The summed E-state index contributed by atoms with van der Waals surface area (Å²) in [5, 5.41) is 1.35. The van der Waals surface area contributed by atoms with Gasteiger partial charge in [0.15, 0.2) is 0 Å². The molecule has 4 heteroatoms. The van der Waals surface area contributed by atoms with Crippen molar-refractivity contribution in [1.29, 1.82) is 0 Å². The smallest absolute Gasteiger partial charge is 0.264 e. The summed E-state index contributed by atoms with van der Waals surface area (Å²) >= 11 is 2.00. The van der Waals surface area contributed by atoms with Crippen molar-refractivity contribution in [2.24, 2.45) is 0 Å². The summed E-state index contributed by atoms with van der Waals surface area (Å²) in [6, 6.07) is 47.6. The van der Waals surface area contributed by atoms with Crippen molar-refractivity contribution in [2.75, 3.05) is 9.80 Å². The standard InChI is InChI=1S/C58H63BN2S/c1-54(2,3)37-23-28-46(41(32-37)36-18-15-14-16-19-36)61-48-21-17-20-47-51(48)59(45-27-22-39(34-49(45)61)56(7,8)9)53-52(42-33-38(55(4,5)6)24-29-50(42)62-53)60(47)40-25-26-43-44(35-40)58(12,13)31-30-57(43,10)11/h14-29,32-35H,30-31H2,1-13H3. The molecule has 0 unspecified atom stereocenters. The van der Waals surface area contributed by atoms with Crippen molar-refractivity contribution in [1.82, 2.24) is 0 Å². The molecule has 10 rings (SSSR count). The van der Waals surface area contributed by atoms with Crippen LogP contribution in [0.15, 0.2) is 121 Å². The Morgan fingerprint density at radius 3 is 1.79 bits per heavy atom. The third-order valence-electron chi connectivity index (χ3n) is 14.6. The summed E-state index contributed by atoms with van der Waals surface area (Å²) in [4.78, 5) is 5.29. The van der Waals surface area contributed by atoms with Crippen LogP contribution in [0, 0.1) is 0 Å². The zero-order valence-corrected chi connectivity index (χ0v) is 40.2. The number of fused-ring (bicyclic) bond motifs is 7. The summed E-state index contributed by atoms with van der Waals surface area (Å²) < 4.78 is 2.78. The van der Waals surface area contributed by atoms with Crippen LogP contribution in [-0.2, 0) is 27.1 Å². The van der Waals surface area contributed by atoms with Gasteiger partial charge in [0.25, 0.3) is 6.71 Å². The fraction of sp³-hybridized carbons (Fsp3) is 0.345. The van der Waals surface area contributed by atoms with Crippen molar-refractivity contribution in [3.63, 3.8) is 0 Å². The molecule has 0 N–H and O–H groups in total. The molecule has 0 amide bonds. The average molecular weight is 831 g/mol. The average Bonchev–Trinajstić information content (AvgIpc) is 3.60. The molecule has 0 fully saturated rings. The van der Waals surface area contributed by atoms with Gasteiger partial charge in [-0.05, 0) is 139 Å². The highest BCUT2D eigenvalue weighted by molar-refractivity contribution is 7.33. The predicted octanol–water partition coefficient (Wildman–Crippen LogP) is 14.9. The quantitative estimate of drug-likeness (QED) is 0.164. The molecule has 2 aliphatic heterocycles. The first kappa shape index (κ1) is 41.0. The van der Waals surface area contributed by atoms with E-state index in [0.717, 1.165) is 0 Å². The molecular formula is C58H63BN2S. The van der Waals surface area contributed by atoms with Crippen LogP contribution in [-0.4, -0.2) is 6.71 Å². The van der Waals surface area contributed by atoms with E-state index in [0.29, 0.717) is 0 Å². The van der Waals surface area contributed by atoms with E-state index in [2.05, 4.69) is 221 Å². The molecule has 0 spiro atoms. The maximum Gasteiger partial charge on any atom is 0.264 e. The first-order valence-corrected chi connectivity index (χ1v) is 23.7. The van der Waals surface area contributed by atoms with Gasteiger partial charge in [0.05, 0.1) is 11.4 Å². The largest absolute Gasteiger partial charge is 0.311 e. The second kappa shape index (κ2) is 13.7. The van der Waals surface area contributed by atoms with E-state index in [9.17, 15) is 0 Å². The van der Waals surface area contributed by atoms with Gasteiger partial charge >= 0.3 is 0 Å². The first-order chi connectivity index (χ1) is 29.1. The normalized spacial score (nSPS) is 16.5. The molecule has 0 atom stereocenters. The highest BCUT2D eigenvalue weighted by Crippen LogP contribution is 2.53. The van der Waals surface area contributed by atoms with E-state index in [4.69, 9.17) is 0 Å². The molecule has 0 saturated heterocycles. The van der Waals surface area contributed by atoms with Gasteiger partial charge in [-0.2, -0.15) is 0 Å². The van der Waals surface area contributed by atoms with Crippen molar-refractivity contribution in [3.05, 3.63) is 149 Å². The minimum absolute atomic E-state index is 0.00185. The number of thiophene rings is 1. The maximum atomic E-state index is 2.67. The molecule has 2 nitrogen and oxygen atoms in total. The fourth-order valence-corrected chi connectivity index (χ4v) is 11.9. The molecule has 6 aromatic carbocycles. The second-order valence-electron chi connectivity index (χ2n) is 23.0. The first-order valence-electron chi connectivity index (χ1n) is 22.9. The van der Waals surface area contributed by atoms with Crippen LogP contribution in [0.1, 0.15) is 131 Å². The van der Waals surface area contributed by atoms with Gasteiger partial charge in [-0.15, -0.1) is 11.3 Å². The number of nitrogens with zero attached hydrogens (tertiary/aromatic N) is 2. The maximum absolute atomic E-state index is 2.67. The SMILES string of the molecule is CC(C)(C)c1ccc(N2c3cc(C(C)(C)C)ccc3B3c4sc5ccc(C(C)(C)C)cc5c4N(c4ccc5c(c4)C(C)(C)CCC5(C)C)c4cccc2c43)c(-c2ccccc2)c1. The summed E-state index contributed by atoms with van der Waals surface area (Å²) in [6.45, 7) is 30.9. The van der Waals surface area contributed by atoms with Crippen LogP contribution in [0.4, 0.5) is 34.1 Å². The molecule has 3 aliphatic rings. The zero-order chi connectivity index (χ0) is 43.9. The van der Waals surface area contributed by atoms with Gasteiger partial charge in [0, 0.05) is 43.2 Å². The Kier molecular flexibility index (Phi) is 9.07. The Hall–Kier alpha value is -5.06. The molecular weight excluding hydrogens is 768 g/mol. The van der Waals surface area contributed by atoms with E-state index < -0.39 is 0 Å². The summed E-state index contributed by atoms with van der Waals surface area (Å²) in [5.41, 5.74) is 20.1. The summed E-state index contributed by atoms with van der Waals surface area (Å²) in [5.74, 6) is 0. The lowest BCUT2D eigenvalue weighted by Crippen LogP contribution is -2.60. The highest BCUT2D eigenvalue weighted by Gasteiger charge is 2.46. The number of hydrogen-bond acceptors (Lipinski definition) is 3. The van der Waals surface area contributed by atoms with Gasteiger partial charge in [0.2, 0.25) is 0 Å². The van der Waals surface area contributed by atoms with E-state index in [1.165, 1.54) is 112 Å². The van der Waals surface area contributed by atoms with E-state index in [1.807, 2.05) is 11.3 Å². The van der Waals surface area contributed by atoms with Crippen molar-refractivity contribution in [3.8, 4) is 11.1 Å². The van der Waals surface area contributed by atoms with Crippen LogP contribution >= 0.6 is 11.3 Å². The summed E-state index contributed by atoms with van der Waals surface area (Å²) in [7, 11) is 0. The third kappa shape index (κ3) is 6.41. The molecule has 314 valence electrons. The molecule has 0 bridgehead atoms. The predicted molar refractivity (Wildman–Crippen MR) is 273 cm³/mol. The molecule has 3 heterocycles. The number of benzene rings is 6. The molecule has 0 radical (unpaired) electrons. The monoisotopic (exact) mass is 830 g/mol. The minimum atomic E-state index is -0.0224. The minimum Gasteiger partial charge on any atom is -0.311 e. The van der Waals surface area contributed by atoms with Crippen LogP contribution in [0.2, 0.25) is 0 Å². The van der Waals surface area contributed by atoms with Crippen molar-refractivity contribution < 1.29 is 0 Å². The Labute approximate surface area is 376 Å². The third-order valence-corrected chi connectivity index (χ3v) is 15.8. The lowest BCUT2D eigenvalue weighted by atomic mass is 9.36. The van der Waals surface area contributed by atoms with Crippen LogP contribution < -0.4 is 25.5 Å².